The second-order valence-electron chi connectivity index (χ2n) is 7.24. The van der Waals surface area contributed by atoms with Crippen molar-refractivity contribution < 1.29 is 0 Å². The molecule has 3 unspecified atom stereocenters. The van der Waals surface area contributed by atoms with E-state index in [1.807, 2.05) is 0 Å². The van der Waals surface area contributed by atoms with Gasteiger partial charge >= 0.3 is 0 Å². The van der Waals surface area contributed by atoms with Gasteiger partial charge in [-0.15, -0.1) is 0 Å². The lowest BCUT2D eigenvalue weighted by Crippen LogP contribution is -2.65. The van der Waals surface area contributed by atoms with Gasteiger partial charge in [0.15, 0.2) is 0 Å². The third kappa shape index (κ3) is 3.68. The fourth-order valence-electron chi connectivity index (χ4n) is 3.80. The quantitative estimate of drug-likeness (QED) is 0.852. The monoisotopic (exact) mass is 284 g/mol. The normalized spacial score (nSPS) is 36.0. The summed E-state index contributed by atoms with van der Waals surface area (Å²) in [5.41, 5.74) is 0.273. The molecule has 3 atom stereocenters. The van der Waals surface area contributed by atoms with E-state index in [2.05, 4.69) is 56.6 Å². The van der Waals surface area contributed by atoms with E-state index in [9.17, 15) is 0 Å². The maximum atomic E-state index is 3.74. The van der Waals surface area contributed by atoms with Gasteiger partial charge in [-0.25, -0.2) is 0 Å². The lowest BCUT2D eigenvalue weighted by Gasteiger charge is -2.50. The van der Waals surface area contributed by atoms with Gasteiger partial charge < -0.3 is 5.32 Å². The molecule has 2 rings (SSSR count). The second-order valence-corrected chi connectivity index (χ2v) is 8.76. The second kappa shape index (κ2) is 6.36. The van der Waals surface area contributed by atoms with Crippen LogP contribution in [0.5, 0.6) is 0 Å². The van der Waals surface area contributed by atoms with Crippen molar-refractivity contribution in [3.05, 3.63) is 0 Å². The molecule has 1 saturated heterocycles. The van der Waals surface area contributed by atoms with Gasteiger partial charge in [-0.1, -0.05) is 27.2 Å². The fraction of sp³-hybridized carbons (Fsp3) is 1.00. The Hall–Kier alpha value is 0.270. The fourth-order valence-corrected chi connectivity index (χ4v) is 5.08. The Labute approximate surface area is 124 Å². The third-order valence-electron chi connectivity index (χ3n) is 4.79. The molecule has 1 aliphatic carbocycles. The number of thioether (sulfide) groups is 1. The van der Waals surface area contributed by atoms with Crippen molar-refractivity contribution in [1.29, 1.82) is 0 Å². The van der Waals surface area contributed by atoms with Crippen molar-refractivity contribution in [3.63, 3.8) is 0 Å². The van der Waals surface area contributed by atoms with E-state index in [1.54, 1.807) is 0 Å². The first kappa shape index (κ1) is 15.7. The summed E-state index contributed by atoms with van der Waals surface area (Å²) in [4.78, 5) is 2.86. The zero-order chi connectivity index (χ0) is 14.0. The number of nitrogens with one attached hydrogen (secondary N) is 1. The lowest BCUT2D eigenvalue weighted by atomic mass is 9.91. The lowest BCUT2D eigenvalue weighted by molar-refractivity contribution is 0.0354. The molecular weight excluding hydrogens is 252 g/mol. The first-order valence-electron chi connectivity index (χ1n) is 8.07. The van der Waals surface area contributed by atoms with E-state index in [-0.39, 0.29) is 5.54 Å². The van der Waals surface area contributed by atoms with Gasteiger partial charge in [0.2, 0.25) is 0 Å². The summed E-state index contributed by atoms with van der Waals surface area (Å²) in [6.07, 6.45) is 4.27. The summed E-state index contributed by atoms with van der Waals surface area (Å²) in [6.45, 7) is 14.2. The number of piperazine rings is 1. The van der Waals surface area contributed by atoms with Crippen LogP contribution in [0.1, 0.15) is 53.9 Å². The summed E-state index contributed by atoms with van der Waals surface area (Å²) in [5.74, 6) is 2.01. The standard InChI is InChI=1S/C16H32N2S/c1-6-19-15-9-7-8-13(15)18-11-16(4,5)17-10-14(18)12(2)3/h12-15,17H,6-11H2,1-5H3. The van der Waals surface area contributed by atoms with Gasteiger partial charge in [0.25, 0.3) is 0 Å². The van der Waals surface area contributed by atoms with E-state index in [0.717, 1.165) is 29.8 Å². The minimum absolute atomic E-state index is 0.273. The molecule has 0 aromatic carbocycles. The molecule has 1 N–H and O–H groups in total. The molecule has 2 nitrogen and oxygen atoms in total. The molecule has 112 valence electrons. The first-order valence-corrected chi connectivity index (χ1v) is 9.12. The van der Waals surface area contributed by atoms with Crippen LogP contribution in [0.15, 0.2) is 0 Å². The van der Waals surface area contributed by atoms with Gasteiger partial charge in [-0.2, -0.15) is 11.8 Å². The van der Waals surface area contributed by atoms with Crippen LogP contribution in [-0.2, 0) is 0 Å². The SMILES string of the molecule is CCSC1CCCC1N1CC(C)(C)NCC1C(C)C. The van der Waals surface area contributed by atoms with E-state index in [1.165, 1.54) is 31.6 Å². The van der Waals surface area contributed by atoms with E-state index < -0.39 is 0 Å². The molecule has 2 aliphatic rings. The third-order valence-corrected chi connectivity index (χ3v) is 6.10. The topological polar surface area (TPSA) is 15.3 Å². The summed E-state index contributed by atoms with van der Waals surface area (Å²) in [7, 11) is 0. The number of hydrogen-bond acceptors (Lipinski definition) is 3. The molecule has 0 radical (unpaired) electrons. The van der Waals surface area contributed by atoms with Crippen molar-refractivity contribution in [1.82, 2.24) is 10.2 Å². The average molecular weight is 285 g/mol. The van der Waals surface area contributed by atoms with Gasteiger partial charge in [0.05, 0.1) is 0 Å². The van der Waals surface area contributed by atoms with Gasteiger partial charge in [-0.05, 0) is 38.4 Å². The minimum Gasteiger partial charge on any atom is -0.309 e. The van der Waals surface area contributed by atoms with Crippen molar-refractivity contribution >= 4 is 11.8 Å². The molecule has 2 fully saturated rings. The Morgan fingerprint density at radius 3 is 2.68 bits per heavy atom. The van der Waals surface area contributed by atoms with E-state index in [4.69, 9.17) is 0 Å². The summed E-state index contributed by atoms with van der Waals surface area (Å²) in [5, 5.41) is 4.62. The highest BCUT2D eigenvalue weighted by atomic mass is 32.2. The Bertz CT molecular complexity index is 290. The summed E-state index contributed by atoms with van der Waals surface area (Å²) in [6, 6.07) is 1.54. The maximum Gasteiger partial charge on any atom is 0.0253 e. The summed E-state index contributed by atoms with van der Waals surface area (Å²) >= 11 is 2.19. The van der Waals surface area contributed by atoms with Gasteiger partial charge in [-0.3, -0.25) is 4.90 Å². The number of rotatable bonds is 4. The molecule has 3 heteroatoms. The molecule has 0 bridgehead atoms. The van der Waals surface area contributed by atoms with Crippen molar-refractivity contribution in [2.24, 2.45) is 5.92 Å². The van der Waals surface area contributed by atoms with Gasteiger partial charge in [0.1, 0.15) is 0 Å². The summed E-state index contributed by atoms with van der Waals surface area (Å²) < 4.78 is 0. The molecule has 1 saturated carbocycles. The molecule has 0 aromatic rings. The van der Waals surface area contributed by atoms with E-state index >= 15 is 0 Å². The predicted molar refractivity (Wildman–Crippen MR) is 87.0 cm³/mol. The van der Waals surface area contributed by atoms with Crippen LogP contribution in [0.2, 0.25) is 0 Å². The van der Waals surface area contributed by atoms with Crippen LogP contribution in [0.4, 0.5) is 0 Å². The van der Waals surface area contributed by atoms with Gasteiger partial charge in [0, 0.05) is 36.0 Å². The van der Waals surface area contributed by atoms with E-state index in [0.29, 0.717) is 0 Å². The van der Waals surface area contributed by atoms with Crippen LogP contribution in [0.25, 0.3) is 0 Å². The molecule has 1 heterocycles. The largest absolute Gasteiger partial charge is 0.309 e. The molecule has 0 spiro atoms. The Kier molecular flexibility index (Phi) is 5.24. The van der Waals surface area contributed by atoms with Crippen LogP contribution in [-0.4, -0.2) is 46.6 Å². The average Bonchev–Trinajstić information content (AvgIpc) is 2.76. The van der Waals surface area contributed by atoms with Crippen LogP contribution in [0.3, 0.4) is 0 Å². The molecule has 1 aliphatic heterocycles. The van der Waals surface area contributed by atoms with Crippen LogP contribution < -0.4 is 5.32 Å². The van der Waals surface area contributed by atoms with Crippen molar-refractivity contribution in [3.8, 4) is 0 Å². The highest BCUT2D eigenvalue weighted by molar-refractivity contribution is 7.99. The van der Waals surface area contributed by atoms with Crippen LogP contribution in [0, 0.1) is 5.92 Å². The minimum atomic E-state index is 0.273. The highest BCUT2D eigenvalue weighted by Gasteiger charge is 2.41. The van der Waals surface area contributed by atoms with Crippen molar-refractivity contribution in [2.75, 3.05) is 18.8 Å². The highest BCUT2D eigenvalue weighted by Crippen LogP contribution is 2.36. The molecular formula is C16H32N2S. The smallest absolute Gasteiger partial charge is 0.0253 e. The zero-order valence-corrected chi connectivity index (χ0v) is 14.2. The maximum absolute atomic E-state index is 3.74. The van der Waals surface area contributed by atoms with Crippen molar-refractivity contribution in [2.45, 2.75) is 76.8 Å². The Morgan fingerprint density at radius 2 is 2.05 bits per heavy atom. The number of nitrogens with zero attached hydrogens (tertiary/aromatic N) is 1. The Morgan fingerprint density at radius 1 is 1.32 bits per heavy atom. The Balaban J connectivity index is 2.12. The molecule has 0 aromatic heterocycles. The predicted octanol–water partition coefficient (Wildman–Crippen LogP) is 3.37. The molecule has 19 heavy (non-hydrogen) atoms. The van der Waals surface area contributed by atoms with Crippen LogP contribution >= 0.6 is 11.8 Å². The zero-order valence-electron chi connectivity index (χ0n) is 13.4. The molecule has 0 amide bonds. The number of hydrogen-bond donors (Lipinski definition) is 1. The first-order chi connectivity index (χ1) is 8.94.